The van der Waals surface area contributed by atoms with Crippen molar-refractivity contribution in [2.75, 3.05) is 19.0 Å². The zero-order chi connectivity index (χ0) is 19.1. The molecule has 7 heteroatoms. The molecule has 0 saturated carbocycles. The van der Waals surface area contributed by atoms with Gasteiger partial charge in [-0.15, -0.1) is 11.3 Å². The van der Waals surface area contributed by atoms with Gasteiger partial charge in [-0.05, 0) is 49.2 Å². The predicted octanol–water partition coefficient (Wildman–Crippen LogP) is 3.59. The smallest absolute Gasteiger partial charge is 0.348 e. The highest BCUT2D eigenvalue weighted by molar-refractivity contribution is 7.14. The molecule has 0 aliphatic rings. The third-order valence-electron chi connectivity index (χ3n) is 3.67. The molecule has 1 amide bonds. The van der Waals surface area contributed by atoms with E-state index in [0.717, 1.165) is 23.3 Å². The Labute approximate surface area is 156 Å². The van der Waals surface area contributed by atoms with Gasteiger partial charge in [0, 0.05) is 10.6 Å². The van der Waals surface area contributed by atoms with Gasteiger partial charge in [0.2, 0.25) is 0 Å². The van der Waals surface area contributed by atoms with E-state index < -0.39 is 17.8 Å². The minimum atomic E-state index is -0.503. The summed E-state index contributed by atoms with van der Waals surface area (Å²) in [5.74, 6) is -1.41. The number of methoxy groups -OCH3 is 1. The van der Waals surface area contributed by atoms with Gasteiger partial charge < -0.3 is 14.8 Å². The molecule has 138 valence electrons. The highest BCUT2D eigenvalue weighted by atomic mass is 32.1. The largest absolute Gasteiger partial charge is 0.465 e. The number of nitrogens with one attached hydrogen (secondary N) is 1. The first kappa shape index (κ1) is 19.7. The van der Waals surface area contributed by atoms with Gasteiger partial charge in [-0.1, -0.05) is 13.3 Å². The number of carbonyl (C=O) groups is 3. The first-order valence-corrected chi connectivity index (χ1v) is 9.01. The first-order chi connectivity index (χ1) is 12.4. The van der Waals surface area contributed by atoms with Crippen LogP contribution in [0.5, 0.6) is 0 Å². The lowest BCUT2D eigenvalue weighted by Gasteiger charge is -2.06. The molecule has 1 N–H and O–H groups in total. The van der Waals surface area contributed by atoms with Gasteiger partial charge in [-0.2, -0.15) is 0 Å². The molecule has 0 atom stereocenters. The van der Waals surface area contributed by atoms with Crippen molar-refractivity contribution in [2.24, 2.45) is 0 Å². The average Bonchev–Trinajstić information content (AvgIpc) is 3.01. The van der Waals surface area contributed by atoms with Crippen LogP contribution in [0.4, 0.5) is 5.69 Å². The summed E-state index contributed by atoms with van der Waals surface area (Å²) < 4.78 is 9.68. The van der Waals surface area contributed by atoms with Crippen LogP contribution in [0, 0.1) is 6.92 Å². The van der Waals surface area contributed by atoms with Crippen molar-refractivity contribution in [2.45, 2.75) is 26.7 Å². The molecule has 0 spiro atoms. The number of esters is 2. The Morgan fingerprint density at radius 2 is 1.81 bits per heavy atom. The molecule has 1 aromatic heterocycles. The second-order valence-corrected chi connectivity index (χ2v) is 6.89. The van der Waals surface area contributed by atoms with Crippen molar-refractivity contribution in [3.63, 3.8) is 0 Å². The normalized spacial score (nSPS) is 10.3. The number of rotatable bonds is 7. The summed E-state index contributed by atoms with van der Waals surface area (Å²) in [5.41, 5.74) is 2.02. The molecule has 0 radical (unpaired) electrons. The van der Waals surface area contributed by atoms with Crippen molar-refractivity contribution in [3.8, 4) is 0 Å². The van der Waals surface area contributed by atoms with Crippen LogP contribution in [0.15, 0.2) is 30.3 Å². The van der Waals surface area contributed by atoms with Gasteiger partial charge in [0.05, 0.1) is 12.7 Å². The van der Waals surface area contributed by atoms with Crippen LogP contribution in [0.25, 0.3) is 0 Å². The van der Waals surface area contributed by atoms with E-state index in [1.807, 2.05) is 13.0 Å². The summed E-state index contributed by atoms with van der Waals surface area (Å²) in [6.45, 7) is 3.67. The number of hydrogen-bond acceptors (Lipinski definition) is 6. The molecule has 0 bridgehead atoms. The minimum absolute atomic E-state index is 0.377. The van der Waals surface area contributed by atoms with E-state index in [9.17, 15) is 14.4 Å². The molecular weight excluding hydrogens is 354 g/mol. The Morgan fingerprint density at radius 3 is 2.42 bits per heavy atom. The number of thiophene rings is 1. The molecule has 0 fully saturated rings. The molecule has 26 heavy (non-hydrogen) atoms. The Kier molecular flexibility index (Phi) is 6.91. The summed E-state index contributed by atoms with van der Waals surface area (Å²) >= 11 is 1.37. The molecule has 0 unspecified atom stereocenters. The number of benzene rings is 1. The highest BCUT2D eigenvalue weighted by Crippen LogP contribution is 2.23. The van der Waals surface area contributed by atoms with Gasteiger partial charge in [-0.25, -0.2) is 9.59 Å². The van der Waals surface area contributed by atoms with E-state index in [1.54, 1.807) is 12.1 Å². The lowest BCUT2D eigenvalue weighted by atomic mass is 10.1. The lowest BCUT2D eigenvalue weighted by Crippen LogP contribution is -2.20. The van der Waals surface area contributed by atoms with Gasteiger partial charge in [0.15, 0.2) is 6.61 Å². The maximum absolute atomic E-state index is 12.1. The van der Waals surface area contributed by atoms with Crippen LogP contribution in [-0.4, -0.2) is 31.6 Å². The highest BCUT2D eigenvalue weighted by Gasteiger charge is 2.15. The summed E-state index contributed by atoms with van der Waals surface area (Å²) in [4.78, 5) is 37.0. The van der Waals surface area contributed by atoms with Gasteiger partial charge in [0.1, 0.15) is 4.88 Å². The molecule has 2 rings (SSSR count). The van der Waals surface area contributed by atoms with E-state index in [1.165, 1.54) is 30.6 Å². The molecule has 0 aliphatic heterocycles. The number of amides is 1. The second kappa shape index (κ2) is 9.15. The van der Waals surface area contributed by atoms with Crippen LogP contribution in [0.2, 0.25) is 0 Å². The van der Waals surface area contributed by atoms with Crippen molar-refractivity contribution in [1.29, 1.82) is 0 Å². The Balaban J connectivity index is 1.87. The van der Waals surface area contributed by atoms with E-state index in [4.69, 9.17) is 4.74 Å². The van der Waals surface area contributed by atoms with E-state index in [2.05, 4.69) is 17.0 Å². The van der Waals surface area contributed by atoms with Crippen molar-refractivity contribution in [3.05, 3.63) is 51.2 Å². The zero-order valence-electron chi connectivity index (χ0n) is 15.0. The number of aryl methyl sites for hydroxylation is 2. The maximum atomic E-state index is 12.1. The topological polar surface area (TPSA) is 81.7 Å². The van der Waals surface area contributed by atoms with E-state index >= 15 is 0 Å². The third kappa shape index (κ3) is 5.16. The van der Waals surface area contributed by atoms with Crippen LogP contribution < -0.4 is 5.32 Å². The fourth-order valence-corrected chi connectivity index (χ4v) is 3.31. The van der Waals surface area contributed by atoms with Crippen LogP contribution in [-0.2, 0) is 20.7 Å². The summed E-state index contributed by atoms with van der Waals surface area (Å²) in [7, 11) is 1.30. The van der Waals surface area contributed by atoms with Gasteiger partial charge in [0.25, 0.3) is 5.91 Å². The monoisotopic (exact) mass is 375 g/mol. The Bertz CT molecular complexity index is 795. The fraction of sp³-hybridized carbons (Fsp3) is 0.316. The summed E-state index contributed by atoms with van der Waals surface area (Å²) in [5, 5.41) is 2.60. The minimum Gasteiger partial charge on any atom is -0.465 e. The molecule has 1 heterocycles. The first-order valence-electron chi connectivity index (χ1n) is 8.19. The molecule has 0 saturated heterocycles. The Morgan fingerprint density at radius 1 is 1.12 bits per heavy atom. The maximum Gasteiger partial charge on any atom is 0.348 e. The Hall–Kier alpha value is -2.67. The van der Waals surface area contributed by atoms with Crippen LogP contribution >= 0.6 is 11.3 Å². The lowest BCUT2D eigenvalue weighted by molar-refractivity contribution is -0.119. The number of carbonyl (C=O) groups excluding carboxylic acids is 3. The SMILES string of the molecule is CCCc1cc(C(=O)OCC(=O)Nc2ccc(C(=O)OC)cc2)sc1C. The van der Waals surface area contributed by atoms with Crippen molar-refractivity contribution < 1.29 is 23.9 Å². The summed E-state index contributed by atoms with van der Waals surface area (Å²) in [6.07, 6.45) is 1.92. The molecule has 2 aromatic rings. The van der Waals surface area contributed by atoms with E-state index in [0.29, 0.717) is 16.1 Å². The molecule has 6 nitrogen and oxygen atoms in total. The number of ether oxygens (including phenoxy) is 2. The molecular formula is C19H21NO5S. The van der Waals surface area contributed by atoms with Crippen molar-refractivity contribution in [1.82, 2.24) is 0 Å². The van der Waals surface area contributed by atoms with E-state index in [-0.39, 0.29) is 6.61 Å². The zero-order valence-corrected chi connectivity index (χ0v) is 15.8. The quantitative estimate of drug-likeness (QED) is 0.748. The third-order valence-corrected chi connectivity index (χ3v) is 4.74. The number of hydrogen-bond donors (Lipinski definition) is 1. The van der Waals surface area contributed by atoms with Crippen LogP contribution in [0.1, 0.15) is 43.8 Å². The molecule has 0 aliphatic carbocycles. The fourth-order valence-electron chi connectivity index (χ4n) is 2.34. The number of anilines is 1. The predicted molar refractivity (Wildman–Crippen MR) is 99.7 cm³/mol. The standard InChI is InChI=1S/C19H21NO5S/c1-4-5-14-10-16(26-12(14)2)19(23)25-11-17(21)20-15-8-6-13(7-9-15)18(22)24-3/h6-10H,4-5,11H2,1-3H3,(H,20,21). The summed E-state index contributed by atoms with van der Waals surface area (Å²) in [6, 6.07) is 8.06. The second-order valence-electron chi connectivity index (χ2n) is 5.64. The van der Waals surface area contributed by atoms with Crippen LogP contribution in [0.3, 0.4) is 0 Å². The van der Waals surface area contributed by atoms with Crippen molar-refractivity contribution >= 4 is 34.9 Å². The average molecular weight is 375 g/mol. The van der Waals surface area contributed by atoms with Gasteiger partial charge >= 0.3 is 11.9 Å². The molecule has 1 aromatic carbocycles. The van der Waals surface area contributed by atoms with Gasteiger partial charge in [-0.3, -0.25) is 4.79 Å².